The van der Waals surface area contributed by atoms with Crippen molar-refractivity contribution in [1.29, 1.82) is 0 Å². The Morgan fingerprint density at radius 1 is 1.16 bits per heavy atom. The van der Waals surface area contributed by atoms with E-state index in [4.69, 9.17) is 0 Å². The standard InChI is InChI=1S/C15H25NO2S/c1-13(15(2,3)4)11-16(19(5,17)18)12-14-9-7-6-8-10-14/h6-10,13H,11-12H2,1-5H3/t13-/m1/s1. The Kier molecular flexibility index (Phi) is 5.16. The van der Waals surface area contributed by atoms with Crippen LogP contribution in [0.1, 0.15) is 33.3 Å². The van der Waals surface area contributed by atoms with Gasteiger partial charge in [0.2, 0.25) is 10.0 Å². The van der Waals surface area contributed by atoms with E-state index in [0.717, 1.165) is 5.56 Å². The van der Waals surface area contributed by atoms with E-state index >= 15 is 0 Å². The molecule has 19 heavy (non-hydrogen) atoms. The van der Waals surface area contributed by atoms with E-state index < -0.39 is 10.0 Å². The number of benzene rings is 1. The van der Waals surface area contributed by atoms with Gasteiger partial charge in [0, 0.05) is 13.1 Å². The van der Waals surface area contributed by atoms with Crippen molar-refractivity contribution in [2.75, 3.05) is 12.8 Å². The molecule has 0 aliphatic rings. The van der Waals surface area contributed by atoms with Crippen LogP contribution in [0.5, 0.6) is 0 Å². The van der Waals surface area contributed by atoms with Crippen LogP contribution in [0.4, 0.5) is 0 Å². The highest BCUT2D eigenvalue weighted by molar-refractivity contribution is 7.88. The van der Waals surface area contributed by atoms with E-state index in [1.807, 2.05) is 30.3 Å². The minimum absolute atomic E-state index is 0.0969. The first-order chi connectivity index (χ1) is 8.60. The monoisotopic (exact) mass is 283 g/mol. The van der Waals surface area contributed by atoms with Gasteiger partial charge >= 0.3 is 0 Å². The quantitative estimate of drug-likeness (QED) is 0.832. The van der Waals surface area contributed by atoms with Crippen LogP contribution in [0.3, 0.4) is 0 Å². The summed E-state index contributed by atoms with van der Waals surface area (Å²) in [7, 11) is -3.19. The SMILES string of the molecule is C[C@H](CN(Cc1ccccc1)S(C)(=O)=O)C(C)(C)C. The van der Waals surface area contributed by atoms with Gasteiger partial charge in [0.05, 0.1) is 6.26 Å². The minimum atomic E-state index is -3.19. The molecule has 0 heterocycles. The van der Waals surface area contributed by atoms with E-state index in [1.165, 1.54) is 6.26 Å². The summed E-state index contributed by atoms with van der Waals surface area (Å²) in [6, 6.07) is 9.72. The van der Waals surface area contributed by atoms with E-state index in [9.17, 15) is 8.42 Å². The zero-order valence-electron chi connectivity index (χ0n) is 12.6. The normalized spacial score (nSPS) is 14.6. The molecule has 0 aliphatic heterocycles. The fraction of sp³-hybridized carbons (Fsp3) is 0.600. The van der Waals surface area contributed by atoms with Crippen molar-refractivity contribution in [2.45, 2.75) is 34.2 Å². The van der Waals surface area contributed by atoms with Crippen LogP contribution >= 0.6 is 0 Å². The van der Waals surface area contributed by atoms with Crippen LogP contribution in [0.25, 0.3) is 0 Å². The lowest BCUT2D eigenvalue weighted by Crippen LogP contribution is -2.37. The van der Waals surface area contributed by atoms with Crippen molar-refractivity contribution in [3.63, 3.8) is 0 Å². The topological polar surface area (TPSA) is 37.4 Å². The molecule has 1 rings (SSSR count). The lowest BCUT2D eigenvalue weighted by molar-refractivity contribution is 0.212. The summed E-state index contributed by atoms with van der Waals surface area (Å²) in [4.78, 5) is 0. The Balaban J connectivity index is 2.86. The smallest absolute Gasteiger partial charge is 0.211 e. The maximum Gasteiger partial charge on any atom is 0.211 e. The maximum absolute atomic E-state index is 11.9. The number of rotatable bonds is 5. The van der Waals surface area contributed by atoms with Crippen LogP contribution in [-0.2, 0) is 16.6 Å². The molecule has 108 valence electrons. The molecule has 1 atom stereocenters. The first-order valence-electron chi connectivity index (χ1n) is 6.60. The molecule has 0 unspecified atom stereocenters. The third kappa shape index (κ3) is 5.33. The van der Waals surface area contributed by atoms with Crippen LogP contribution < -0.4 is 0 Å². The largest absolute Gasteiger partial charge is 0.212 e. The molecule has 0 aliphatic carbocycles. The highest BCUT2D eigenvalue weighted by Gasteiger charge is 2.26. The Hall–Kier alpha value is -0.870. The van der Waals surface area contributed by atoms with Gasteiger partial charge in [0.1, 0.15) is 0 Å². The molecule has 1 aromatic rings. The van der Waals surface area contributed by atoms with Gasteiger partial charge in [-0.1, -0.05) is 58.0 Å². The van der Waals surface area contributed by atoms with E-state index in [2.05, 4.69) is 27.7 Å². The van der Waals surface area contributed by atoms with Crippen LogP contribution in [0.15, 0.2) is 30.3 Å². The van der Waals surface area contributed by atoms with Crippen molar-refractivity contribution in [3.8, 4) is 0 Å². The molecule has 4 heteroatoms. The summed E-state index contributed by atoms with van der Waals surface area (Å²) in [5.41, 5.74) is 1.12. The molecule has 0 N–H and O–H groups in total. The van der Waals surface area contributed by atoms with Gasteiger partial charge in [0.25, 0.3) is 0 Å². The van der Waals surface area contributed by atoms with Crippen molar-refractivity contribution >= 4 is 10.0 Å². The number of hydrogen-bond donors (Lipinski definition) is 0. The third-order valence-electron chi connectivity index (χ3n) is 3.63. The summed E-state index contributed by atoms with van der Waals surface area (Å²) in [6.45, 7) is 9.52. The fourth-order valence-corrected chi connectivity index (χ4v) is 2.56. The summed E-state index contributed by atoms with van der Waals surface area (Å²) in [6.07, 6.45) is 1.28. The van der Waals surface area contributed by atoms with Gasteiger partial charge in [-0.25, -0.2) is 8.42 Å². The van der Waals surface area contributed by atoms with Gasteiger partial charge in [-0.15, -0.1) is 0 Å². The molecule has 0 bridgehead atoms. The summed E-state index contributed by atoms with van der Waals surface area (Å²) >= 11 is 0. The Morgan fingerprint density at radius 3 is 2.11 bits per heavy atom. The number of nitrogens with zero attached hydrogens (tertiary/aromatic N) is 1. The van der Waals surface area contributed by atoms with Crippen molar-refractivity contribution < 1.29 is 8.42 Å². The highest BCUT2D eigenvalue weighted by atomic mass is 32.2. The molecule has 0 saturated heterocycles. The molecule has 0 spiro atoms. The molecular weight excluding hydrogens is 258 g/mol. The van der Waals surface area contributed by atoms with Gasteiger partial charge in [-0.2, -0.15) is 4.31 Å². The van der Waals surface area contributed by atoms with Gasteiger partial charge in [-0.05, 0) is 16.9 Å². The minimum Gasteiger partial charge on any atom is -0.212 e. The van der Waals surface area contributed by atoms with E-state index in [-0.39, 0.29) is 5.41 Å². The lowest BCUT2D eigenvalue weighted by Gasteiger charge is -2.32. The van der Waals surface area contributed by atoms with Crippen LogP contribution in [0, 0.1) is 11.3 Å². The van der Waals surface area contributed by atoms with E-state index in [1.54, 1.807) is 4.31 Å². The summed E-state index contributed by atoms with van der Waals surface area (Å²) in [5, 5.41) is 0. The highest BCUT2D eigenvalue weighted by Crippen LogP contribution is 2.27. The molecule has 0 aromatic heterocycles. The molecule has 0 saturated carbocycles. The van der Waals surface area contributed by atoms with Gasteiger partial charge in [0.15, 0.2) is 0 Å². The second-order valence-electron chi connectivity index (χ2n) is 6.31. The fourth-order valence-electron chi connectivity index (χ4n) is 1.68. The molecule has 1 aromatic carbocycles. The molecule has 0 amide bonds. The molecule has 0 fully saturated rings. The van der Waals surface area contributed by atoms with Gasteiger partial charge < -0.3 is 0 Å². The second kappa shape index (κ2) is 6.06. The molecule has 0 radical (unpaired) electrons. The predicted octanol–water partition coefficient (Wildman–Crippen LogP) is 3.13. The average molecular weight is 283 g/mol. The Morgan fingerprint density at radius 2 is 1.68 bits per heavy atom. The average Bonchev–Trinajstić information content (AvgIpc) is 2.27. The van der Waals surface area contributed by atoms with Crippen molar-refractivity contribution in [3.05, 3.63) is 35.9 Å². The van der Waals surface area contributed by atoms with Crippen molar-refractivity contribution in [2.24, 2.45) is 11.3 Å². The lowest BCUT2D eigenvalue weighted by atomic mass is 9.82. The summed E-state index contributed by atoms with van der Waals surface area (Å²) < 4.78 is 25.4. The first kappa shape index (κ1) is 16.2. The summed E-state index contributed by atoms with van der Waals surface area (Å²) in [5.74, 6) is 0.297. The van der Waals surface area contributed by atoms with Crippen molar-refractivity contribution in [1.82, 2.24) is 4.31 Å². The number of sulfonamides is 1. The number of hydrogen-bond acceptors (Lipinski definition) is 2. The zero-order chi connectivity index (χ0) is 14.7. The van der Waals surface area contributed by atoms with E-state index in [0.29, 0.717) is 19.0 Å². The van der Waals surface area contributed by atoms with Crippen LogP contribution in [-0.4, -0.2) is 25.5 Å². The Bertz CT molecular complexity index is 489. The Labute approximate surface area is 117 Å². The third-order valence-corrected chi connectivity index (χ3v) is 4.84. The first-order valence-corrected chi connectivity index (χ1v) is 8.44. The van der Waals surface area contributed by atoms with Crippen LogP contribution in [0.2, 0.25) is 0 Å². The zero-order valence-corrected chi connectivity index (χ0v) is 13.4. The second-order valence-corrected chi connectivity index (χ2v) is 8.29. The maximum atomic E-state index is 11.9. The van der Waals surface area contributed by atoms with Gasteiger partial charge in [-0.3, -0.25) is 0 Å². The predicted molar refractivity (Wildman–Crippen MR) is 80.3 cm³/mol. The molecular formula is C15H25NO2S. The molecule has 3 nitrogen and oxygen atoms in total.